The van der Waals surface area contributed by atoms with E-state index >= 15 is 0 Å². The summed E-state index contributed by atoms with van der Waals surface area (Å²) in [6.45, 7) is 9.49. The minimum Gasteiger partial charge on any atom is -0.380 e. The van der Waals surface area contributed by atoms with Gasteiger partial charge in [-0.3, -0.25) is 5.84 Å². The Hall–Kier alpha value is -1.34. The summed E-state index contributed by atoms with van der Waals surface area (Å²) < 4.78 is 5.54. The lowest BCUT2D eigenvalue weighted by atomic mass is 10.00. The molecule has 1 aromatic rings. The molecule has 144 valence electrons. The second-order valence-electron chi connectivity index (χ2n) is 8.12. The number of nitrogens with two attached hydrogens (primary N) is 2. The molecule has 2 aliphatic heterocycles. The maximum Gasteiger partial charge on any atom is 0.0843 e. The second kappa shape index (κ2) is 7.35. The van der Waals surface area contributed by atoms with Gasteiger partial charge in [0.25, 0.3) is 0 Å². The molecule has 0 unspecified atom stereocenters. The van der Waals surface area contributed by atoms with E-state index in [1.807, 2.05) is 11.9 Å². The van der Waals surface area contributed by atoms with Gasteiger partial charge >= 0.3 is 0 Å². The Labute approximate surface area is 157 Å². The van der Waals surface area contributed by atoms with Gasteiger partial charge in [0.2, 0.25) is 0 Å². The van der Waals surface area contributed by atoms with Crippen LogP contribution < -0.4 is 21.4 Å². The summed E-state index contributed by atoms with van der Waals surface area (Å²) in [5, 5.41) is 1.93. The van der Waals surface area contributed by atoms with Crippen molar-refractivity contribution in [2.45, 2.75) is 51.7 Å². The van der Waals surface area contributed by atoms with Crippen molar-refractivity contribution in [3.05, 3.63) is 23.3 Å². The smallest absolute Gasteiger partial charge is 0.0843 e. The van der Waals surface area contributed by atoms with Gasteiger partial charge in [-0.2, -0.15) is 0 Å². The predicted molar refractivity (Wildman–Crippen MR) is 106 cm³/mol. The standard InChI is InChI=1S/C20H33N5O/c1-3-26-12-18(21)15-8-9-23(10-15)19-7-4-16-11-24(22)13-25(17-5-6-17)20(16)14(19)2/h4,7,15,17-18H,3,5-6,8-13,21-22H2,1-2H3/t15-,18-/m1/s1. The number of fused-ring (bicyclic) bond motifs is 1. The summed E-state index contributed by atoms with van der Waals surface area (Å²) in [7, 11) is 0. The van der Waals surface area contributed by atoms with E-state index in [-0.39, 0.29) is 6.04 Å². The molecule has 2 heterocycles. The third-order valence-electron chi connectivity index (χ3n) is 6.15. The van der Waals surface area contributed by atoms with E-state index in [0.29, 0.717) is 18.6 Å². The van der Waals surface area contributed by atoms with Crippen molar-refractivity contribution in [1.29, 1.82) is 0 Å². The van der Waals surface area contributed by atoms with E-state index in [2.05, 4.69) is 28.9 Å². The lowest BCUT2D eigenvalue weighted by molar-refractivity contribution is 0.119. The molecular weight excluding hydrogens is 326 g/mol. The average Bonchev–Trinajstić information content (AvgIpc) is 3.36. The lowest BCUT2D eigenvalue weighted by Crippen LogP contribution is -2.47. The first kappa shape index (κ1) is 18.0. The maximum atomic E-state index is 6.36. The molecule has 6 heteroatoms. The summed E-state index contributed by atoms with van der Waals surface area (Å²) >= 11 is 0. The molecule has 0 spiro atoms. The third-order valence-corrected chi connectivity index (χ3v) is 6.15. The van der Waals surface area contributed by atoms with E-state index in [0.717, 1.165) is 39.3 Å². The van der Waals surface area contributed by atoms with Gasteiger partial charge in [0.15, 0.2) is 0 Å². The van der Waals surface area contributed by atoms with Crippen molar-refractivity contribution in [1.82, 2.24) is 5.01 Å². The zero-order valence-electron chi connectivity index (χ0n) is 16.2. The second-order valence-corrected chi connectivity index (χ2v) is 8.12. The van der Waals surface area contributed by atoms with Gasteiger partial charge in [-0.05, 0) is 56.2 Å². The van der Waals surface area contributed by atoms with Crippen LogP contribution in [0, 0.1) is 12.8 Å². The van der Waals surface area contributed by atoms with Crippen LogP contribution in [0.4, 0.5) is 11.4 Å². The summed E-state index contributed by atoms with van der Waals surface area (Å²) in [6.07, 6.45) is 3.72. The van der Waals surface area contributed by atoms with Crippen molar-refractivity contribution in [3.8, 4) is 0 Å². The molecule has 1 aliphatic carbocycles. The summed E-state index contributed by atoms with van der Waals surface area (Å²) in [5.74, 6) is 6.67. The molecule has 6 nitrogen and oxygen atoms in total. The Morgan fingerprint density at radius 1 is 1.27 bits per heavy atom. The van der Waals surface area contributed by atoms with Crippen LogP contribution >= 0.6 is 0 Å². The van der Waals surface area contributed by atoms with Crippen molar-refractivity contribution in [2.24, 2.45) is 17.5 Å². The third kappa shape index (κ3) is 3.43. The summed E-state index contributed by atoms with van der Waals surface area (Å²) in [6, 6.07) is 5.36. The topological polar surface area (TPSA) is 71.0 Å². The minimum atomic E-state index is 0.131. The van der Waals surface area contributed by atoms with Crippen LogP contribution in [0.5, 0.6) is 0 Å². The fraction of sp³-hybridized carbons (Fsp3) is 0.700. The van der Waals surface area contributed by atoms with Crippen LogP contribution in [0.2, 0.25) is 0 Å². The highest BCUT2D eigenvalue weighted by atomic mass is 16.5. The molecule has 0 amide bonds. The van der Waals surface area contributed by atoms with Crippen LogP contribution in [-0.2, 0) is 11.3 Å². The number of hydrazine groups is 1. The normalized spacial score (nSPS) is 24.8. The molecule has 1 saturated heterocycles. The van der Waals surface area contributed by atoms with Gasteiger partial charge in [0, 0.05) is 49.7 Å². The number of anilines is 2. The molecular formula is C20H33N5O. The van der Waals surface area contributed by atoms with Crippen molar-refractivity contribution in [2.75, 3.05) is 42.8 Å². The van der Waals surface area contributed by atoms with Crippen molar-refractivity contribution >= 4 is 11.4 Å². The first-order chi connectivity index (χ1) is 12.6. The minimum absolute atomic E-state index is 0.131. The predicted octanol–water partition coefficient (Wildman–Crippen LogP) is 1.80. The van der Waals surface area contributed by atoms with E-state index in [9.17, 15) is 0 Å². The molecule has 0 bridgehead atoms. The van der Waals surface area contributed by atoms with E-state index < -0.39 is 0 Å². The number of rotatable bonds is 6. The molecule has 1 aromatic carbocycles. The molecule has 1 saturated carbocycles. The van der Waals surface area contributed by atoms with Gasteiger partial charge in [-0.25, -0.2) is 5.01 Å². The number of ether oxygens (including phenoxy) is 1. The summed E-state index contributed by atoms with van der Waals surface area (Å²) in [4.78, 5) is 5.04. The molecule has 2 fully saturated rings. The zero-order chi connectivity index (χ0) is 18.3. The van der Waals surface area contributed by atoms with Crippen LogP contribution in [0.1, 0.15) is 37.3 Å². The first-order valence-corrected chi connectivity index (χ1v) is 10.1. The molecule has 0 radical (unpaired) electrons. The lowest BCUT2D eigenvalue weighted by Gasteiger charge is -2.39. The number of benzene rings is 1. The molecule has 2 atom stereocenters. The van der Waals surface area contributed by atoms with E-state index in [4.69, 9.17) is 16.3 Å². The SMILES string of the molecule is CCOC[C@@H](N)[C@@H]1CCN(c2ccc3c(c2C)N(C2CC2)CN(N)C3)C1. The van der Waals surface area contributed by atoms with Gasteiger partial charge in [-0.15, -0.1) is 0 Å². The van der Waals surface area contributed by atoms with Gasteiger partial charge in [0.1, 0.15) is 0 Å². The van der Waals surface area contributed by atoms with Crippen LogP contribution in [0.3, 0.4) is 0 Å². The van der Waals surface area contributed by atoms with Crippen LogP contribution in [0.25, 0.3) is 0 Å². The molecule has 4 N–H and O–H groups in total. The van der Waals surface area contributed by atoms with Crippen LogP contribution in [-0.4, -0.2) is 50.1 Å². The zero-order valence-corrected chi connectivity index (χ0v) is 16.2. The largest absolute Gasteiger partial charge is 0.380 e. The summed E-state index contributed by atoms with van der Waals surface area (Å²) in [5.41, 5.74) is 11.9. The van der Waals surface area contributed by atoms with Gasteiger partial charge < -0.3 is 20.3 Å². The fourth-order valence-corrected chi connectivity index (χ4v) is 4.58. The van der Waals surface area contributed by atoms with Crippen molar-refractivity contribution in [3.63, 3.8) is 0 Å². The first-order valence-electron chi connectivity index (χ1n) is 10.1. The Balaban J connectivity index is 1.54. The molecule has 26 heavy (non-hydrogen) atoms. The molecule has 3 aliphatic rings. The van der Waals surface area contributed by atoms with Gasteiger partial charge in [0.05, 0.1) is 13.3 Å². The fourth-order valence-electron chi connectivity index (χ4n) is 4.58. The van der Waals surface area contributed by atoms with Crippen molar-refractivity contribution < 1.29 is 4.74 Å². The Morgan fingerprint density at radius 2 is 2.08 bits per heavy atom. The average molecular weight is 360 g/mol. The highest BCUT2D eigenvalue weighted by Gasteiger charge is 2.36. The van der Waals surface area contributed by atoms with E-state index in [1.165, 1.54) is 35.3 Å². The van der Waals surface area contributed by atoms with Gasteiger partial charge in [-0.1, -0.05) is 6.07 Å². The monoisotopic (exact) mass is 359 g/mol. The number of hydrogen-bond acceptors (Lipinski definition) is 6. The van der Waals surface area contributed by atoms with Crippen LogP contribution in [0.15, 0.2) is 12.1 Å². The molecule has 4 rings (SSSR count). The molecule has 0 aromatic heterocycles. The van der Waals surface area contributed by atoms with E-state index in [1.54, 1.807) is 0 Å². The Kier molecular flexibility index (Phi) is 5.10. The highest BCUT2D eigenvalue weighted by molar-refractivity contribution is 5.72. The number of nitrogens with zero attached hydrogens (tertiary/aromatic N) is 3. The number of hydrogen-bond donors (Lipinski definition) is 2. The highest BCUT2D eigenvalue weighted by Crippen LogP contribution is 2.42. The Bertz CT molecular complexity index is 647. The maximum absolute atomic E-state index is 6.36. The quantitative estimate of drug-likeness (QED) is 0.755. The Morgan fingerprint density at radius 3 is 2.81 bits per heavy atom.